The van der Waals surface area contributed by atoms with E-state index in [0.29, 0.717) is 28.9 Å². The van der Waals surface area contributed by atoms with Crippen molar-refractivity contribution in [3.8, 4) is 34.3 Å². The van der Waals surface area contributed by atoms with Crippen LogP contribution in [0.2, 0.25) is 0 Å². The maximum absolute atomic E-state index is 12.4. The first-order chi connectivity index (χ1) is 16.5. The molecule has 8 heteroatoms. The van der Waals surface area contributed by atoms with Gasteiger partial charge in [-0.1, -0.05) is 25.0 Å². The molecule has 5 rings (SSSR count). The minimum absolute atomic E-state index is 0.0218. The van der Waals surface area contributed by atoms with E-state index < -0.39 is 0 Å². The number of benzene rings is 1. The molecule has 1 fully saturated rings. The van der Waals surface area contributed by atoms with Crippen LogP contribution in [0, 0.1) is 13.8 Å². The minimum Gasteiger partial charge on any atom is -0.415 e. The first kappa shape index (κ1) is 22.2. The Labute approximate surface area is 198 Å². The van der Waals surface area contributed by atoms with Gasteiger partial charge in [-0.05, 0) is 57.0 Å². The summed E-state index contributed by atoms with van der Waals surface area (Å²) in [5.74, 6) is 0.773. The molecule has 4 aromatic rings. The lowest BCUT2D eigenvalue weighted by Crippen LogP contribution is -2.22. The molecule has 1 aliphatic carbocycles. The van der Waals surface area contributed by atoms with Crippen molar-refractivity contribution in [2.75, 3.05) is 7.05 Å². The van der Waals surface area contributed by atoms with Crippen LogP contribution in [-0.2, 0) is 6.54 Å². The summed E-state index contributed by atoms with van der Waals surface area (Å²) in [6.07, 6.45) is 8.01. The molecule has 0 bridgehead atoms. The summed E-state index contributed by atoms with van der Waals surface area (Å²) in [4.78, 5) is 21.8. The smallest absolute Gasteiger partial charge is 0.268 e. The van der Waals surface area contributed by atoms with Crippen molar-refractivity contribution in [1.82, 2.24) is 30.0 Å². The molecule has 0 amide bonds. The van der Waals surface area contributed by atoms with Crippen LogP contribution in [0.3, 0.4) is 0 Å². The fraction of sp³-hybridized carbons (Fsp3) is 0.346. The molecule has 174 valence electrons. The highest BCUT2D eigenvalue weighted by Gasteiger charge is 2.20. The highest BCUT2D eigenvalue weighted by Crippen LogP contribution is 2.31. The molecule has 0 atom stereocenters. The summed E-state index contributed by atoms with van der Waals surface area (Å²) in [5.41, 5.74) is 5.92. The summed E-state index contributed by atoms with van der Waals surface area (Å²) in [5, 5.41) is 11.7. The lowest BCUT2D eigenvalue weighted by atomic mass is 10.1. The van der Waals surface area contributed by atoms with Crippen LogP contribution in [0.5, 0.6) is 0 Å². The maximum Gasteiger partial charge on any atom is 0.268 e. The Bertz CT molecular complexity index is 1380. The van der Waals surface area contributed by atoms with Gasteiger partial charge >= 0.3 is 0 Å². The molecule has 3 heterocycles. The van der Waals surface area contributed by atoms with E-state index in [1.54, 1.807) is 18.3 Å². The molecular weight excluding hydrogens is 428 g/mol. The second kappa shape index (κ2) is 9.30. The first-order valence-corrected chi connectivity index (χ1v) is 11.7. The van der Waals surface area contributed by atoms with Crippen molar-refractivity contribution in [2.45, 2.75) is 52.1 Å². The summed E-state index contributed by atoms with van der Waals surface area (Å²) < 4.78 is 7.88. The minimum atomic E-state index is 0.0218. The predicted molar refractivity (Wildman–Crippen MR) is 130 cm³/mol. The van der Waals surface area contributed by atoms with Gasteiger partial charge in [-0.3, -0.25) is 9.78 Å². The third kappa shape index (κ3) is 4.28. The molecule has 0 unspecified atom stereocenters. The van der Waals surface area contributed by atoms with Crippen LogP contribution < -0.4 is 10.9 Å². The van der Waals surface area contributed by atoms with Gasteiger partial charge in [0.15, 0.2) is 0 Å². The van der Waals surface area contributed by atoms with E-state index in [9.17, 15) is 4.79 Å². The van der Waals surface area contributed by atoms with Crippen molar-refractivity contribution in [1.29, 1.82) is 0 Å². The largest absolute Gasteiger partial charge is 0.415 e. The molecule has 0 radical (unpaired) electrons. The number of hydrogen-bond donors (Lipinski definition) is 1. The molecular formula is C26H28N6O2. The fourth-order valence-electron chi connectivity index (χ4n) is 4.62. The van der Waals surface area contributed by atoms with Crippen LogP contribution in [0.15, 0.2) is 51.9 Å². The Morgan fingerprint density at radius 2 is 1.88 bits per heavy atom. The quantitative estimate of drug-likeness (QED) is 0.457. The second-order valence-corrected chi connectivity index (χ2v) is 8.88. The zero-order valence-electron chi connectivity index (χ0n) is 19.7. The van der Waals surface area contributed by atoms with Crippen LogP contribution in [-0.4, -0.2) is 31.8 Å². The van der Waals surface area contributed by atoms with E-state index in [1.807, 2.05) is 43.8 Å². The average molecular weight is 457 g/mol. The Hall–Kier alpha value is -3.65. The van der Waals surface area contributed by atoms with Gasteiger partial charge in [-0.2, -0.15) is 0 Å². The summed E-state index contributed by atoms with van der Waals surface area (Å²) in [6, 6.07) is 9.83. The van der Waals surface area contributed by atoms with Crippen molar-refractivity contribution in [3.63, 3.8) is 0 Å². The topological polar surface area (TPSA) is 98.7 Å². The van der Waals surface area contributed by atoms with Crippen molar-refractivity contribution in [2.24, 2.45) is 0 Å². The average Bonchev–Trinajstić information content (AvgIpc) is 3.53. The molecule has 0 spiro atoms. The van der Waals surface area contributed by atoms with Gasteiger partial charge in [-0.15, -0.1) is 10.2 Å². The molecule has 0 aliphatic heterocycles. The second-order valence-electron chi connectivity index (χ2n) is 8.88. The highest BCUT2D eigenvalue weighted by atomic mass is 16.4. The SMILES string of the molecule is CNCc1ccc(-c2nnc(-c3nc(-c4ccc(=O)n(C5CCCC5)c4)cnc3C)o2)c(C)c1. The standard InChI is InChI=1S/C26H28N6O2/c1-16-12-18(13-27-3)8-10-21(16)25-30-31-26(34-25)24-17(2)28-14-22(29-24)19-9-11-23(33)32(15-19)20-6-4-5-7-20/h8-12,14-15,20,27H,4-7,13H2,1-3H3. The molecule has 3 aromatic heterocycles. The molecule has 1 saturated carbocycles. The van der Waals surface area contributed by atoms with Gasteiger partial charge < -0.3 is 14.3 Å². The number of nitrogens with zero attached hydrogens (tertiary/aromatic N) is 5. The number of aryl methyl sites for hydroxylation is 2. The van der Waals surface area contributed by atoms with E-state index in [2.05, 4.69) is 26.6 Å². The number of aromatic nitrogens is 5. The van der Waals surface area contributed by atoms with E-state index in [-0.39, 0.29) is 11.6 Å². The van der Waals surface area contributed by atoms with Gasteiger partial charge in [0.25, 0.3) is 11.4 Å². The van der Waals surface area contributed by atoms with Crippen LogP contribution in [0.4, 0.5) is 0 Å². The van der Waals surface area contributed by atoms with Gasteiger partial charge in [0.05, 0.1) is 17.6 Å². The van der Waals surface area contributed by atoms with Gasteiger partial charge in [0.1, 0.15) is 5.69 Å². The third-order valence-corrected chi connectivity index (χ3v) is 6.44. The molecule has 1 aromatic carbocycles. The lowest BCUT2D eigenvalue weighted by molar-refractivity contribution is 0.503. The molecule has 1 aliphatic rings. The van der Waals surface area contributed by atoms with Crippen molar-refractivity contribution < 1.29 is 4.42 Å². The lowest BCUT2D eigenvalue weighted by Gasteiger charge is -2.14. The van der Waals surface area contributed by atoms with Crippen LogP contribution >= 0.6 is 0 Å². The predicted octanol–water partition coefficient (Wildman–Crippen LogP) is 4.47. The molecule has 0 saturated heterocycles. The van der Waals surface area contributed by atoms with E-state index >= 15 is 0 Å². The highest BCUT2D eigenvalue weighted by molar-refractivity contribution is 5.64. The summed E-state index contributed by atoms with van der Waals surface area (Å²) in [7, 11) is 1.92. The van der Waals surface area contributed by atoms with Crippen LogP contribution in [0.1, 0.15) is 48.5 Å². The maximum atomic E-state index is 12.4. The monoisotopic (exact) mass is 456 g/mol. The third-order valence-electron chi connectivity index (χ3n) is 6.44. The van der Waals surface area contributed by atoms with Crippen molar-refractivity contribution in [3.05, 3.63) is 69.9 Å². The number of nitrogens with one attached hydrogen (secondary N) is 1. The first-order valence-electron chi connectivity index (χ1n) is 11.7. The zero-order chi connectivity index (χ0) is 23.7. The Morgan fingerprint density at radius 3 is 2.65 bits per heavy atom. The molecule has 1 N–H and O–H groups in total. The van der Waals surface area contributed by atoms with Gasteiger partial charge in [-0.25, -0.2) is 4.98 Å². The van der Waals surface area contributed by atoms with Crippen LogP contribution in [0.25, 0.3) is 34.3 Å². The number of rotatable bonds is 6. The van der Waals surface area contributed by atoms with E-state index in [1.165, 1.54) is 5.56 Å². The fourth-order valence-corrected chi connectivity index (χ4v) is 4.62. The van der Waals surface area contributed by atoms with Crippen molar-refractivity contribution >= 4 is 0 Å². The van der Waals surface area contributed by atoms with E-state index in [4.69, 9.17) is 9.40 Å². The Morgan fingerprint density at radius 1 is 1.09 bits per heavy atom. The zero-order valence-corrected chi connectivity index (χ0v) is 19.7. The molecule has 34 heavy (non-hydrogen) atoms. The molecule has 8 nitrogen and oxygen atoms in total. The summed E-state index contributed by atoms with van der Waals surface area (Å²) >= 11 is 0. The summed E-state index contributed by atoms with van der Waals surface area (Å²) in [6.45, 7) is 4.70. The van der Waals surface area contributed by atoms with Gasteiger partial charge in [0, 0.05) is 36.0 Å². The number of pyridine rings is 1. The Balaban J connectivity index is 1.48. The number of hydrogen-bond acceptors (Lipinski definition) is 7. The normalized spacial score (nSPS) is 14.1. The van der Waals surface area contributed by atoms with E-state index in [0.717, 1.165) is 48.9 Å². The van der Waals surface area contributed by atoms with Gasteiger partial charge in [0.2, 0.25) is 5.89 Å². The Kier molecular flexibility index (Phi) is 6.06.